The predicted molar refractivity (Wildman–Crippen MR) is 142 cm³/mol. The van der Waals surface area contributed by atoms with Crippen molar-refractivity contribution in [2.24, 2.45) is 0 Å². The molecule has 0 aliphatic rings. The van der Waals surface area contributed by atoms with E-state index in [1.807, 2.05) is 51.1 Å². The number of aromatic nitrogens is 2. The van der Waals surface area contributed by atoms with E-state index in [0.717, 1.165) is 29.9 Å². The minimum Gasteiger partial charge on any atom is -0.362 e. The van der Waals surface area contributed by atoms with E-state index >= 15 is 0 Å². The molecule has 0 radical (unpaired) electrons. The molecule has 1 aromatic heterocycles. The average Bonchev–Trinajstić information content (AvgIpc) is 2.85. The summed E-state index contributed by atoms with van der Waals surface area (Å²) in [7, 11) is 2.03. The summed E-state index contributed by atoms with van der Waals surface area (Å²) >= 11 is 0. The first kappa shape index (κ1) is 28.3. The second-order valence-corrected chi connectivity index (χ2v) is 9.84. The highest BCUT2D eigenvalue weighted by atomic mass is 31.1. The minimum atomic E-state index is -4.66. The number of hydrogen-bond donors (Lipinski definition) is 2. The maximum atomic E-state index is 13.8. The van der Waals surface area contributed by atoms with Gasteiger partial charge in [0.15, 0.2) is 0 Å². The first-order valence-corrected chi connectivity index (χ1v) is 12.8. The van der Waals surface area contributed by atoms with Crippen LogP contribution in [0.3, 0.4) is 0 Å². The second-order valence-electron chi connectivity index (χ2n) is 8.91. The lowest BCUT2D eigenvalue weighted by atomic mass is 9.88. The Bertz CT molecular complexity index is 1220. The SMILES string of the molecule is CCOPCc1ccc(Nc2ncc(C(F)(F)F)c(Nc3cccc(C(C)(C)N(C)C=O)c3C)n2)cc1. The monoisotopic (exact) mass is 533 g/mol. The molecule has 3 rings (SSSR count). The van der Waals surface area contributed by atoms with Gasteiger partial charge in [-0.15, -0.1) is 0 Å². The third-order valence-corrected chi connectivity index (χ3v) is 7.16. The van der Waals surface area contributed by atoms with Crippen LogP contribution in [0.15, 0.2) is 48.7 Å². The fourth-order valence-corrected chi connectivity index (χ4v) is 4.41. The molecule has 198 valence electrons. The number of carbonyl (C=O) groups excluding carboxylic acids is 1. The molecule has 7 nitrogen and oxygen atoms in total. The van der Waals surface area contributed by atoms with E-state index in [4.69, 9.17) is 4.52 Å². The van der Waals surface area contributed by atoms with Gasteiger partial charge in [0.1, 0.15) is 11.4 Å². The number of rotatable bonds is 11. The van der Waals surface area contributed by atoms with Crippen LogP contribution in [0.5, 0.6) is 0 Å². The van der Waals surface area contributed by atoms with Gasteiger partial charge in [0.25, 0.3) is 0 Å². The third kappa shape index (κ3) is 6.96. The van der Waals surface area contributed by atoms with Gasteiger partial charge in [0, 0.05) is 46.2 Å². The van der Waals surface area contributed by atoms with Gasteiger partial charge in [-0.2, -0.15) is 18.2 Å². The van der Waals surface area contributed by atoms with Gasteiger partial charge >= 0.3 is 6.18 Å². The zero-order chi connectivity index (χ0) is 27.2. The van der Waals surface area contributed by atoms with Crippen molar-refractivity contribution >= 4 is 38.4 Å². The second kappa shape index (κ2) is 11.9. The summed E-state index contributed by atoms with van der Waals surface area (Å²) in [4.78, 5) is 20.9. The van der Waals surface area contributed by atoms with Crippen molar-refractivity contribution in [1.29, 1.82) is 0 Å². The van der Waals surface area contributed by atoms with E-state index in [1.54, 1.807) is 26.1 Å². The zero-order valence-electron chi connectivity index (χ0n) is 21.4. The lowest BCUT2D eigenvalue weighted by Gasteiger charge is -2.35. The Morgan fingerprint density at radius 1 is 1.08 bits per heavy atom. The van der Waals surface area contributed by atoms with Crippen molar-refractivity contribution in [1.82, 2.24) is 14.9 Å². The van der Waals surface area contributed by atoms with E-state index in [-0.39, 0.29) is 11.8 Å². The lowest BCUT2D eigenvalue weighted by molar-refractivity contribution is -0.137. The van der Waals surface area contributed by atoms with Crippen LogP contribution in [0.25, 0.3) is 0 Å². The standard InChI is InChI=1S/C26H31F3N5O2P/c1-6-36-37-15-18-10-12-19(13-11-18)31-24-30-14-21(26(27,28)29)23(33-24)32-22-9-7-8-20(17(22)2)25(3,4)34(5)16-35/h7-14,16,37H,6,15H2,1-5H3,(H2,30,31,32,33). The lowest BCUT2D eigenvalue weighted by Crippen LogP contribution is -2.38. The highest BCUT2D eigenvalue weighted by Gasteiger charge is 2.36. The van der Waals surface area contributed by atoms with Crippen molar-refractivity contribution in [3.05, 3.63) is 70.9 Å². The third-order valence-electron chi connectivity index (χ3n) is 6.11. The quantitative estimate of drug-likeness (QED) is 0.161. The van der Waals surface area contributed by atoms with Gasteiger partial charge in [0.2, 0.25) is 12.4 Å². The highest BCUT2D eigenvalue weighted by Crippen LogP contribution is 2.38. The maximum absolute atomic E-state index is 13.8. The molecule has 1 unspecified atom stereocenters. The number of alkyl halides is 3. The van der Waals surface area contributed by atoms with Gasteiger partial charge in [0.05, 0.1) is 5.54 Å². The molecule has 0 spiro atoms. The molecule has 0 bridgehead atoms. The number of hydrogen-bond acceptors (Lipinski definition) is 6. The summed E-state index contributed by atoms with van der Waals surface area (Å²) in [5.74, 6) is -0.351. The van der Waals surface area contributed by atoms with Gasteiger partial charge < -0.3 is 20.1 Å². The largest absolute Gasteiger partial charge is 0.421 e. The number of amides is 1. The fourth-order valence-electron chi connectivity index (χ4n) is 3.70. The van der Waals surface area contributed by atoms with Crippen LogP contribution in [0.4, 0.5) is 36.3 Å². The molecule has 2 N–H and O–H groups in total. The smallest absolute Gasteiger partial charge is 0.362 e. The van der Waals surface area contributed by atoms with Gasteiger partial charge in [-0.25, -0.2) is 4.98 Å². The Morgan fingerprint density at radius 3 is 2.41 bits per heavy atom. The van der Waals surface area contributed by atoms with Crippen molar-refractivity contribution in [2.75, 3.05) is 24.3 Å². The van der Waals surface area contributed by atoms with Crippen molar-refractivity contribution in [3.8, 4) is 0 Å². The van der Waals surface area contributed by atoms with E-state index in [1.165, 1.54) is 4.90 Å². The van der Waals surface area contributed by atoms with Crippen molar-refractivity contribution < 1.29 is 22.5 Å². The Balaban J connectivity index is 1.91. The molecule has 11 heteroatoms. The number of nitrogens with zero attached hydrogens (tertiary/aromatic N) is 3. The summed E-state index contributed by atoms with van der Waals surface area (Å²) in [6, 6.07) is 12.7. The molecular weight excluding hydrogens is 502 g/mol. The molecule has 3 aromatic rings. The Labute approximate surface area is 216 Å². The van der Waals surface area contributed by atoms with E-state index in [9.17, 15) is 18.0 Å². The molecule has 0 fully saturated rings. The van der Waals surface area contributed by atoms with Gasteiger partial charge in [-0.1, -0.05) is 24.3 Å². The molecule has 0 saturated carbocycles. The molecule has 1 amide bonds. The maximum Gasteiger partial charge on any atom is 0.421 e. The van der Waals surface area contributed by atoms with Gasteiger partial charge in [-0.05, 0) is 62.6 Å². The fraction of sp³-hybridized carbons (Fsp3) is 0.346. The Kier molecular flexibility index (Phi) is 9.10. The van der Waals surface area contributed by atoms with E-state index in [2.05, 4.69) is 20.6 Å². The molecule has 2 aromatic carbocycles. The first-order valence-electron chi connectivity index (χ1n) is 11.7. The Hall–Kier alpha value is -3.23. The molecule has 1 atom stereocenters. The number of carbonyl (C=O) groups is 1. The van der Waals surface area contributed by atoms with Crippen LogP contribution < -0.4 is 10.6 Å². The summed E-state index contributed by atoms with van der Waals surface area (Å²) in [5, 5.41) is 5.82. The summed E-state index contributed by atoms with van der Waals surface area (Å²) < 4.78 is 46.8. The summed E-state index contributed by atoms with van der Waals surface area (Å²) in [6.07, 6.45) is -2.39. The number of nitrogens with one attached hydrogen (secondary N) is 2. The molecule has 0 aliphatic heterocycles. The molecule has 37 heavy (non-hydrogen) atoms. The van der Waals surface area contributed by atoms with E-state index in [0.29, 0.717) is 32.4 Å². The number of benzene rings is 2. The van der Waals surface area contributed by atoms with Crippen molar-refractivity contribution in [2.45, 2.75) is 45.6 Å². The normalized spacial score (nSPS) is 12.1. The molecule has 0 saturated heterocycles. The topological polar surface area (TPSA) is 79.4 Å². The van der Waals surface area contributed by atoms with Crippen LogP contribution in [-0.2, 0) is 27.2 Å². The van der Waals surface area contributed by atoms with Crippen LogP contribution in [-0.4, -0.2) is 34.9 Å². The number of anilines is 4. The first-order chi connectivity index (χ1) is 17.5. The average molecular weight is 534 g/mol. The van der Waals surface area contributed by atoms with E-state index < -0.39 is 17.3 Å². The van der Waals surface area contributed by atoms with Crippen LogP contribution in [0.2, 0.25) is 0 Å². The summed E-state index contributed by atoms with van der Waals surface area (Å²) in [6.45, 7) is 8.13. The molecule has 1 heterocycles. The minimum absolute atomic E-state index is 0.0225. The van der Waals surface area contributed by atoms with Crippen LogP contribution >= 0.6 is 8.81 Å². The highest BCUT2D eigenvalue weighted by molar-refractivity contribution is 7.31. The van der Waals surface area contributed by atoms with Crippen LogP contribution in [0, 0.1) is 6.92 Å². The van der Waals surface area contributed by atoms with Crippen molar-refractivity contribution in [3.63, 3.8) is 0 Å². The molecular formula is C26H31F3N5O2P. The Morgan fingerprint density at radius 2 is 1.78 bits per heavy atom. The number of halogens is 3. The van der Waals surface area contributed by atoms with Crippen LogP contribution in [0.1, 0.15) is 43.0 Å². The zero-order valence-corrected chi connectivity index (χ0v) is 22.4. The molecule has 0 aliphatic carbocycles. The predicted octanol–water partition coefficient (Wildman–Crippen LogP) is 6.74. The summed E-state index contributed by atoms with van der Waals surface area (Å²) in [5.41, 5.74) is 2.00. The van der Waals surface area contributed by atoms with Gasteiger partial charge in [-0.3, -0.25) is 4.79 Å².